The van der Waals surface area contributed by atoms with Crippen molar-refractivity contribution in [3.05, 3.63) is 29.8 Å². The first-order chi connectivity index (χ1) is 7.25. The van der Waals surface area contributed by atoms with Gasteiger partial charge in [-0.3, -0.25) is 0 Å². The Hall–Kier alpha value is -0.995. The predicted molar refractivity (Wildman–Crippen MR) is 58.5 cm³/mol. The van der Waals surface area contributed by atoms with Crippen molar-refractivity contribution in [2.75, 3.05) is 0 Å². The SMILES string of the molecule is OB(O)Oc1ccc(C2CCCC2)cc1. The van der Waals surface area contributed by atoms with E-state index in [1.807, 2.05) is 12.1 Å². The molecule has 0 bridgehead atoms. The Morgan fingerprint density at radius 2 is 1.67 bits per heavy atom. The van der Waals surface area contributed by atoms with Crippen LogP contribution in [0, 0.1) is 0 Å². The zero-order valence-corrected chi connectivity index (χ0v) is 8.60. The highest BCUT2D eigenvalue weighted by molar-refractivity contribution is 6.33. The number of benzene rings is 1. The molecule has 15 heavy (non-hydrogen) atoms. The Morgan fingerprint density at radius 3 is 2.20 bits per heavy atom. The lowest BCUT2D eigenvalue weighted by atomic mass is 9.98. The largest absolute Gasteiger partial charge is 0.707 e. The lowest BCUT2D eigenvalue weighted by Gasteiger charge is -2.10. The molecule has 3 nitrogen and oxygen atoms in total. The van der Waals surface area contributed by atoms with E-state index >= 15 is 0 Å². The summed E-state index contributed by atoms with van der Waals surface area (Å²) in [7, 11) is -1.73. The summed E-state index contributed by atoms with van der Waals surface area (Å²) in [4.78, 5) is 0. The van der Waals surface area contributed by atoms with Gasteiger partial charge in [-0.15, -0.1) is 0 Å². The number of rotatable bonds is 3. The summed E-state index contributed by atoms with van der Waals surface area (Å²) in [6, 6.07) is 7.58. The molecule has 1 aliphatic rings. The molecule has 80 valence electrons. The lowest BCUT2D eigenvalue weighted by molar-refractivity contribution is 0.288. The average molecular weight is 206 g/mol. The van der Waals surface area contributed by atoms with Gasteiger partial charge in [-0.25, -0.2) is 0 Å². The van der Waals surface area contributed by atoms with Crippen molar-refractivity contribution < 1.29 is 14.7 Å². The van der Waals surface area contributed by atoms with Crippen LogP contribution < -0.4 is 4.65 Å². The van der Waals surface area contributed by atoms with Crippen molar-refractivity contribution in [1.29, 1.82) is 0 Å². The Balaban J connectivity index is 2.03. The molecule has 0 amide bonds. The topological polar surface area (TPSA) is 49.7 Å². The van der Waals surface area contributed by atoms with E-state index in [-0.39, 0.29) is 0 Å². The van der Waals surface area contributed by atoms with E-state index in [2.05, 4.69) is 0 Å². The summed E-state index contributed by atoms with van der Waals surface area (Å²) < 4.78 is 4.74. The molecular weight excluding hydrogens is 191 g/mol. The predicted octanol–water partition coefficient (Wildman–Crippen LogP) is 1.69. The van der Waals surface area contributed by atoms with Crippen LogP contribution in [0.3, 0.4) is 0 Å². The molecule has 4 heteroatoms. The molecule has 0 aliphatic heterocycles. The highest BCUT2D eigenvalue weighted by atomic mass is 16.6. The van der Waals surface area contributed by atoms with Gasteiger partial charge in [-0.05, 0) is 36.5 Å². The minimum Gasteiger partial charge on any atom is -0.512 e. The van der Waals surface area contributed by atoms with E-state index in [9.17, 15) is 0 Å². The maximum absolute atomic E-state index is 8.62. The number of hydrogen-bond acceptors (Lipinski definition) is 3. The van der Waals surface area contributed by atoms with Gasteiger partial charge in [-0.2, -0.15) is 0 Å². The molecule has 0 heterocycles. The second kappa shape index (κ2) is 4.68. The van der Waals surface area contributed by atoms with Crippen molar-refractivity contribution in [3.8, 4) is 5.75 Å². The highest BCUT2D eigenvalue weighted by Gasteiger charge is 2.17. The van der Waals surface area contributed by atoms with E-state index in [0.29, 0.717) is 11.7 Å². The fraction of sp³-hybridized carbons (Fsp3) is 0.455. The minimum atomic E-state index is -1.73. The molecule has 0 spiro atoms. The third-order valence-corrected chi connectivity index (χ3v) is 2.95. The van der Waals surface area contributed by atoms with E-state index in [4.69, 9.17) is 14.7 Å². The van der Waals surface area contributed by atoms with Crippen molar-refractivity contribution in [1.82, 2.24) is 0 Å². The van der Waals surface area contributed by atoms with Gasteiger partial charge in [-0.1, -0.05) is 25.0 Å². The quantitative estimate of drug-likeness (QED) is 0.740. The molecule has 1 aromatic rings. The van der Waals surface area contributed by atoms with E-state index in [1.54, 1.807) is 12.1 Å². The van der Waals surface area contributed by atoms with Crippen LogP contribution in [-0.2, 0) is 0 Å². The maximum atomic E-state index is 8.62. The molecule has 0 radical (unpaired) electrons. The molecule has 1 aliphatic carbocycles. The maximum Gasteiger partial charge on any atom is 0.707 e. The van der Waals surface area contributed by atoms with Gasteiger partial charge in [0.05, 0.1) is 0 Å². The van der Waals surface area contributed by atoms with Gasteiger partial charge < -0.3 is 14.7 Å². The summed E-state index contributed by atoms with van der Waals surface area (Å²) in [6.07, 6.45) is 5.17. The first-order valence-corrected chi connectivity index (χ1v) is 5.38. The zero-order valence-electron chi connectivity index (χ0n) is 8.60. The molecule has 2 N–H and O–H groups in total. The minimum absolute atomic E-state index is 0.492. The van der Waals surface area contributed by atoms with Crippen molar-refractivity contribution >= 4 is 7.32 Å². The smallest absolute Gasteiger partial charge is 0.512 e. The van der Waals surface area contributed by atoms with Gasteiger partial charge in [0, 0.05) is 0 Å². The summed E-state index contributed by atoms with van der Waals surface area (Å²) in [5.41, 5.74) is 1.33. The third-order valence-electron chi connectivity index (χ3n) is 2.95. The van der Waals surface area contributed by atoms with Crippen LogP contribution in [0.4, 0.5) is 0 Å². The fourth-order valence-electron chi connectivity index (χ4n) is 2.20. The molecule has 2 rings (SSSR count). The van der Waals surface area contributed by atoms with Crippen LogP contribution in [0.25, 0.3) is 0 Å². The van der Waals surface area contributed by atoms with Crippen LogP contribution in [-0.4, -0.2) is 17.4 Å². The summed E-state index contributed by atoms with van der Waals surface area (Å²) in [6.45, 7) is 0. The molecular formula is C11H15BO3. The van der Waals surface area contributed by atoms with Gasteiger partial charge in [0.25, 0.3) is 0 Å². The summed E-state index contributed by atoms with van der Waals surface area (Å²) in [5.74, 6) is 1.17. The molecule has 1 saturated carbocycles. The molecule has 0 unspecified atom stereocenters. The van der Waals surface area contributed by atoms with E-state index in [1.165, 1.54) is 31.2 Å². The van der Waals surface area contributed by atoms with Gasteiger partial charge in [0.1, 0.15) is 5.75 Å². The average Bonchev–Trinajstić information content (AvgIpc) is 2.71. The Bertz CT molecular complexity index is 304. The first kappa shape index (κ1) is 10.5. The first-order valence-electron chi connectivity index (χ1n) is 5.38. The van der Waals surface area contributed by atoms with Crippen LogP contribution >= 0.6 is 0 Å². The fourth-order valence-corrected chi connectivity index (χ4v) is 2.20. The highest BCUT2D eigenvalue weighted by Crippen LogP contribution is 2.34. The van der Waals surface area contributed by atoms with Crippen molar-refractivity contribution in [2.24, 2.45) is 0 Å². The monoisotopic (exact) mass is 206 g/mol. The van der Waals surface area contributed by atoms with E-state index in [0.717, 1.165) is 0 Å². The van der Waals surface area contributed by atoms with Gasteiger partial charge in [0.2, 0.25) is 0 Å². The molecule has 1 fully saturated rings. The zero-order chi connectivity index (χ0) is 10.7. The molecule has 1 aromatic carbocycles. The lowest BCUT2D eigenvalue weighted by Crippen LogP contribution is -2.20. The van der Waals surface area contributed by atoms with Crippen LogP contribution in [0.5, 0.6) is 5.75 Å². The summed E-state index contributed by atoms with van der Waals surface area (Å²) >= 11 is 0. The van der Waals surface area contributed by atoms with Crippen molar-refractivity contribution in [3.63, 3.8) is 0 Å². The Kier molecular flexibility index (Phi) is 3.28. The molecule has 0 saturated heterocycles. The van der Waals surface area contributed by atoms with Gasteiger partial charge in [0.15, 0.2) is 0 Å². The number of hydrogen-bond donors (Lipinski definition) is 2. The van der Waals surface area contributed by atoms with Gasteiger partial charge >= 0.3 is 7.32 Å². The Morgan fingerprint density at radius 1 is 1.07 bits per heavy atom. The second-order valence-corrected chi connectivity index (χ2v) is 3.99. The normalized spacial score (nSPS) is 16.7. The standard InChI is InChI=1S/C11H15BO3/c13-12(14)15-11-7-5-10(6-8-11)9-3-1-2-4-9/h5-9,13-14H,1-4H2. The van der Waals surface area contributed by atoms with Crippen LogP contribution in [0.15, 0.2) is 24.3 Å². The third kappa shape index (κ3) is 2.73. The molecule has 0 aromatic heterocycles. The van der Waals surface area contributed by atoms with Crippen LogP contribution in [0.1, 0.15) is 37.2 Å². The second-order valence-electron chi connectivity index (χ2n) is 3.99. The van der Waals surface area contributed by atoms with Crippen LogP contribution in [0.2, 0.25) is 0 Å². The Labute approximate surface area is 89.9 Å². The van der Waals surface area contributed by atoms with Crippen molar-refractivity contribution in [2.45, 2.75) is 31.6 Å². The summed E-state index contributed by atoms with van der Waals surface area (Å²) in [5, 5.41) is 17.2. The molecule has 0 atom stereocenters. The van der Waals surface area contributed by atoms with E-state index < -0.39 is 7.32 Å².